The summed E-state index contributed by atoms with van der Waals surface area (Å²) in [5.74, 6) is 4.96. The molecule has 4 bridgehead atoms. The zero-order valence-electron chi connectivity index (χ0n) is 21.6. The fourth-order valence-electron chi connectivity index (χ4n) is 8.04. The highest BCUT2D eigenvalue weighted by Gasteiger charge is 2.58. The van der Waals surface area contributed by atoms with Crippen LogP contribution in [0.3, 0.4) is 0 Å². The molecule has 0 heterocycles. The number of hydrogen-bond acceptors (Lipinski definition) is 4. The van der Waals surface area contributed by atoms with Gasteiger partial charge in [0.1, 0.15) is 23.0 Å². The first-order valence-electron chi connectivity index (χ1n) is 13.8. The van der Waals surface area contributed by atoms with Crippen LogP contribution >= 0.6 is 0 Å². The molecule has 4 heteroatoms. The van der Waals surface area contributed by atoms with Gasteiger partial charge < -0.3 is 20.9 Å². The van der Waals surface area contributed by atoms with Crippen molar-refractivity contribution in [3.63, 3.8) is 0 Å². The molecule has 8 rings (SSSR count). The summed E-state index contributed by atoms with van der Waals surface area (Å²) in [4.78, 5) is 0. The molecule has 4 N–H and O–H groups in total. The van der Waals surface area contributed by atoms with Crippen molar-refractivity contribution in [1.82, 2.24) is 0 Å². The van der Waals surface area contributed by atoms with Crippen LogP contribution in [0, 0.1) is 11.8 Å². The lowest BCUT2D eigenvalue weighted by Crippen LogP contribution is -2.55. The van der Waals surface area contributed by atoms with E-state index in [0.717, 1.165) is 46.2 Å². The van der Waals surface area contributed by atoms with Crippen LogP contribution in [-0.4, -0.2) is 0 Å². The van der Waals surface area contributed by atoms with Gasteiger partial charge in [0.2, 0.25) is 0 Å². The van der Waals surface area contributed by atoms with E-state index in [0.29, 0.717) is 0 Å². The van der Waals surface area contributed by atoms with Gasteiger partial charge >= 0.3 is 0 Å². The lowest BCUT2D eigenvalue weighted by Gasteiger charge is -2.62. The van der Waals surface area contributed by atoms with E-state index in [-0.39, 0.29) is 10.8 Å². The third-order valence-corrected chi connectivity index (χ3v) is 9.23. The van der Waals surface area contributed by atoms with Crippen molar-refractivity contribution < 1.29 is 9.47 Å². The van der Waals surface area contributed by atoms with Crippen molar-refractivity contribution >= 4 is 11.4 Å². The number of ether oxygens (including phenoxy) is 2. The van der Waals surface area contributed by atoms with Gasteiger partial charge in [-0.2, -0.15) is 0 Å². The smallest absolute Gasteiger partial charge is 0.127 e. The van der Waals surface area contributed by atoms with Gasteiger partial charge in [-0.3, -0.25) is 0 Å². The van der Waals surface area contributed by atoms with E-state index >= 15 is 0 Å². The quantitative estimate of drug-likeness (QED) is 0.261. The van der Waals surface area contributed by atoms with Crippen LogP contribution in [0.5, 0.6) is 23.0 Å². The van der Waals surface area contributed by atoms with Gasteiger partial charge in [-0.1, -0.05) is 24.3 Å². The van der Waals surface area contributed by atoms with E-state index in [1.54, 1.807) is 0 Å². The third kappa shape index (κ3) is 4.18. The Morgan fingerprint density at radius 3 is 1.13 bits per heavy atom. The first-order chi connectivity index (χ1) is 18.5. The molecule has 4 aliphatic carbocycles. The zero-order chi connectivity index (χ0) is 25.7. The minimum Gasteiger partial charge on any atom is -0.457 e. The number of rotatable bonds is 6. The molecule has 4 saturated carbocycles. The first-order valence-corrected chi connectivity index (χ1v) is 13.8. The topological polar surface area (TPSA) is 70.5 Å². The van der Waals surface area contributed by atoms with Gasteiger partial charge in [0.15, 0.2) is 0 Å². The molecule has 0 atom stereocenters. The molecule has 0 saturated heterocycles. The highest BCUT2D eigenvalue weighted by molar-refractivity contribution is 5.46. The molecule has 0 radical (unpaired) electrons. The van der Waals surface area contributed by atoms with Crippen LogP contribution in [-0.2, 0) is 10.8 Å². The number of nitrogens with two attached hydrogens (primary N) is 2. The van der Waals surface area contributed by atoms with Crippen LogP contribution in [0.25, 0.3) is 0 Å². The summed E-state index contributed by atoms with van der Waals surface area (Å²) in [7, 11) is 0. The van der Waals surface area contributed by atoms with Gasteiger partial charge in [0, 0.05) is 11.4 Å². The summed E-state index contributed by atoms with van der Waals surface area (Å²) in [6, 6.07) is 33.0. The molecule has 4 fully saturated rings. The first kappa shape index (κ1) is 23.2. The second-order valence-electron chi connectivity index (χ2n) is 11.9. The van der Waals surface area contributed by atoms with Crippen molar-refractivity contribution in [2.24, 2.45) is 11.8 Å². The van der Waals surface area contributed by atoms with Gasteiger partial charge in [0.05, 0.1) is 0 Å². The number of anilines is 2. The molecule has 4 aromatic rings. The normalized spacial score (nSPS) is 27.3. The molecule has 38 heavy (non-hydrogen) atoms. The van der Waals surface area contributed by atoms with Crippen molar-refractivity contribution in [2.45, 2.75) is 49.4 Å². The Hall–Kier alpha value is -3.92. The van der Waals surface area contributed by atoms with Crippen LogP contribution < -0.4 is 20.9 Å². The second kappa shape index (κ2) is 8.83. The lowest BCUT2D eigenvalue weighted by atomic mass is 9.42. The van der Waals surface area contributed by atoms with Crippen LogP contribution in [0.1, 0.15) is 49.7 Å². The van der Waals surface area contributed by atoms with E-state index in [1.165, 1.54) is 49.7 Å². The molecule has 4 nitrogen and oxygen atoms in total. The van der Waals surface area contributed by atoms with Crippen molar-refractivity contribution in [3.8, 4) is 23.0 Å². The molecule has 0 aromatic heterocycles. The Balaban J connectivity index is 1.12. The van der Waals surface area contributed by atoms with E-state index in [9.17, 15) is 0 Å². The lowest BCUT2D eigenvalue weighted by molar-refractivity contribution is -0.0281. The fraction of sp³-hybridized carbons (Fsp3) is 0.294. The van der Waals surface area contributed by atoms with Gasteiger partial charge in [-0.05, 0) is 145 Å². The number of benzene rings is 4. The second-order valence-corrected chi connectivity index (χ2v) is 11.9. The maximum atomic E-state index is 6.08. The van der Waals surface area contributed by atoms with Crippen LogP contribution in [0.15, 0.2) is 97.1 Å². The molecule has 192 valence electrons. The molecular formula is C34H34N2O2. The standard InChI is InChI=1S/C34H34N2O2/c35-27-5-13-31(14-6-27)37-29-9-1-25(2-10-29)33-18-23-17-24(19-33)21-34(20-23,22-33)26-3-11-30(12-4-26)38-32-15-7-28(36)8-16-32/h1-16,23-24H,17-22,35-36H2. The van der Waals surface area contributed by atoms with Crippen LogP contribution in [0.2, 0.25) is 0 Å². The fourth-order valence-corrected chi connectivity index (χ4v) is 8.04. The number of nitrogen functional groups attached to an aromatic ring is 2. The summed E-state index contributed by atoms with van der Waals surface area (Å²) in [5, 5.41) is 0. The summed E-state index contributed by atoms with van der Waals surface area (Å²) in [5.41, 5.74) is 16.6. The van der Waals surface area contributed by atoms with Gasteiger partial charge in [-0.25, -0.2) is 0 Å². The molecule has 0 aliphatic heterocycles. The van der Waals surface area contributed by atoms with Gasteiger partial charge in [0.25, 0.3) is 0 Å². The van der Waals surface area contributed by atoms with E-state index in [1.807, 2.05) is 48.5 Å². The highest BCUT2D eigenvalue weighted by atomic mass is 16.5. The van der Waals surface area contributed by atoms with Crippen LogP contribution in [0.4, 0.5) is 11.4 Å². The largest absolute Gasteiger partial charge is 0.457 e. The van der Waals surface area contributed by atoms with Gasteiger partial charge in [-0.15, -0.1) is 0 Å². The maximum absolute atomic E-state index is 6.08. The molecule has 4 aromatic carbocycles. The highest BCUT2D eigenvalue weighted by Crippen LogP contribution is 2.66. The predicted molar refractivity (Wildman–Crippen MR) is 153 cm³/mol. The van der Waals surface area contributed by atoms with Crippen molar-refractivity contribution in [3.05, 3.63) is 108 Å². The Morgan fingerprint density at radius 1 is 0.474 bits per heavy atom. The maximum Gasteiger partial charge on any atom is 0.127 e. The average Bonchev–Trinajstić information content (AvgIpc) is 2.91. The van der Waals surface area contributed by atoms with E-state index < -0.39 is 0 Å². The Kier molecular flexibility index (Phi) is 5.40. The van der Waals surface area contributed by atoms with Crippen molar-refractivity contribution in [1.29, 1.82) is 0 Å². The van der Waals surface area contributed by atoms with Crippen molar-refractivity contribution in [2.75, 3.05) is 11.5 Å². The summed E-state index contributed by atoms with van der Waals surface area (Å²) >= 11 is 0. The molecule has 0 unspecified atom stereocenters. The van der Waals surface area contributed by atoms with E-state index in [4.69, 9.17) is 20.9 Å². The monoisotopic (exact) mass is 502 g/mol. The minimum absolute atomic E-state index is 0.253. The molecular weight excluding hydrogens is 468 g/mol. The Morgan fingerprint density at radius 2 is 0.789 bits per heavy atom. The molecule has 0 spiro atoms. The summed E-state index contributed by atoms with van der Waals surface area (Å²) in [6.45, 7) is 0. The molecule has 4 aliphatic rings. The summed E-state index contributed by atoms with van der Waals surface area (Å²) in [6.07, 6.45) is 7.84. The predicted octanol–water partition coefficient (Wildman–Crippen LogP) is 8.23. The minimum atomic E-state index is 0.253. The number of hydrogen-bond donors (Lipinski definition) is 2. The molecule has 0 amide bonds. The SMILES string of the molecule is Nc1ccc(Oc2ccc(C34CC5CC(C3)CC(c3ccc(Oc6ccc(N)cc6)cc3)(C5)C4)cc2)cc1. The van der Waals surface area contributed by atoms with E-state index in [2.05, 4.69) is 48.5 Å². The third-order valence-electron chi connectivity index (χ3n) is 9.23. The Bertz CT molecular complexity index is 1300. The zero-order valence-corrected chi connectivity index (χ0v) is 21.6. The Labute approximate surface area is 224 Å². The summed E-state index contributed by atoms with van der Waals surface area (Å²) < 4.78 is 12.2. The average molecular weight is 503 g/mol.